The molecule has 4 nitrogen and oxygen atoms in total. The van der Waals surface area contributed by atoms with Crippen molar-refractivity contribution in [2.45, 2.75) is 77.4 Å². The summed E-state index contributed by atoms with van der Waals surface area (Å²) in [6.07, 6.45) is 5.78. The second-order valence-electron chi connectivity index (χ2n) is 8.11. The molecule has 4 heteroatoms. The highest BCUT2D eigenvalue weighted by Gasteiger charge is 2.50. The number of amides is 1. The Balaban J connectivity index is 2.10. The van der Waals surface area contributed by atoms with Gasteiger partial charge in [0.05, 0.1) is 0 Å². The number of carbonyl (C=O) groups is 1. The summed E-state index contributed by atoms with van der Waals surface area (Å²) in [5, 5.41) is 12.9. The predicted octanol–water partition coefficient (Wildman–Crippen LogP) is 3.23. The zero-order valence-electron chi connectivity index (χ0n) is 13.3. The van der Waals surface area contributed by atoms with Crippen molar-refractivity contribution in [1.29, 1.82) is 0 Å². The lowest BCUT2D eigenvalue weighted by Crippen LogP contribution is -2.59. The first-order valence-electron chi connectivity index (χ1n) is 7.80. The van der Waals surface area contributed by atoms with Crippen LogP contribution in [0.25, 0.3) is 0 Å². The van der Waals surface area contributed by atoms with E-state index in [9.17, 15) is 9.90 Å². The van der Waals surface area contributed by atoms with Crippen molar-refractivity contribution in [3.8, 4) is 0 Å². The summed E-state index contributed by atoms with van der Waals surface area (Å²) in [6, 6.07) is 0. The van der Waals surface area contributed by atoms with Crippen LogP contribution in [0.2, 0.25) is 0 Å². The standard InChI is InChI=1S/C16H29NO3/c1-12-8-15(11-18)6-5-7-16(9-12,10-15)17-13(19)20-14(2,3)4/h12,18H,5-11H2,1-4H3,(H,17,19). The van der Waals surface area contributed by atoms with Crippen molar-refractivity contribution in [2.24, 2.45) is 11.3 Å². The molecule has 2 aliphatic rings. The molecule has 1 amide bonds. The summed E-state index contributed by atoms with van der Waals surface area (Å²) >= 11 is 0. The number of carbonyl (C=O) groups excluding carboxylic acids is 1. The van der Waals surface area contributed by atoms with Crippen molar-refractivity contribution < 1.29 is 14.6 Å². The van der Waals surface area contributed by atoms with Gasteiger partial charge in [0.2, 0.25) is 0 Å². The minimum Gasteiger partial charge on any atom is -0.444 e. The Bertz CT molecular complexity index is 376. The van der Waals surface area contributed by atoms with Gasteiger partial charge in [-0.1, -0.05) is 13.3 Å². The molecule has 20 heavy (non-hydrogen) atoms. The van der Waals surface area contributed by atoms with Gasteiger partial charge in [0.1, 0.15) is 5.60 Å². The number of hydrogen-bond acceptors (Lipinski definition) is 3. The third kappa shape index (κ3) is 3.46. The summed E-state index contributed by atoms with van der Waals surface area (Å²) < 4.78 is 5.42. The Kier molecular flexibility index (Phi) is 4.07. The molecule has 0 spiro atoms. The van der Waals surface area contributed by atoms with E-state index in [1.54, 1.807) is 0 Å². The molecule has 0 radical (unpaired) electrons. The average molecular weight is 283 g/mol. The van der Waals surface area contributed by atoms with E-state index in [-0.39, 0.29) is 23.7 Å². The first-order chi connectivity index (χ1) is 9.18. The number of hydrogen-bond donors (Lipinski definition) is 2. The van der Waals surface area contributed by atoms with Crippen LogP contribution in [0.15, 0.2) is 0 Å². The van der Waals surface area contributed by atoms with E-state index in [0.29, 0.717) is 5.92 Å². The second kappa shape index (κ2) is 5.21. The van der Waals surface area contributed by atoms with Crippen LogP contribution < -0.4 is 5.32 Å². The summed E-state index contributed by atoms with van der Waals surface area (Å²) in [6.45, 7) is 8.10. The molecule has 2 rings (SSSR count). The Morgan fingerprint density at radius 3 is 2.65 bits per heavy atom. The molecule has 3 atom stereocenters. The van der Waals surface area contributed by atoms with Crippen LogP contribution in [-0.2, 0) is 4.74 Å². The highest BCUT2D eigenvalue weighted by atomic mass is 16.6. The van der Waals surface area contributed by atoms with Gasteiger partial charge in [-0.2, -0.15) is 0 Å². The highest BCUT2D eigenvalue weighted by Crippen LogP contribution is 2.52. The van der Waals surface area contributed by atoms with Crippen molar-refractivity contribution in [3.63, 3.8) is 0 Å². The minimum absolute atomic E-state index is 0.00489. The van der Waals surface area contributed by atoms with Crippen LogP contribution in [0.3, 0.4) is 0 Å². The minimum atomic E-state index is -0.469. The molecule has 2 bridgehead atoms. The Morgan fingerprint density at radius 2 is 2.05 bits per heavy atom. The summed E-state index contributed by atoms with van der Waals surface area (Å²) in [5.41, 5.74) is -0.643. The number of ether oxygens (including phenoxy) is 1. The van der Waals surface area contributed by atoms with Gasteiger partial charge in [-0.05, 0) is 64.2 Å². The summed E-state index contributed by atoms with van der Waals surface area (Å²) in [4.78, 5) is 12.1. The summed E-state index contributed by atoms with van der Waals surface area (Å²) in [5.74, 6) is 0.533. The molecule has 0 aromatic carbocycles. The Morgan fingerprint density at radius 1 is 1.35 bits per heavy atom. The third-order valence-corrected chi connectivity index (χ3v) is 4.70. The molecular formula is C16H29NO3. The molecule has 0 aliphatic heterocycles. The largest absolute Gasteiger partial charge is 0.444 e. The quantitative estimate of drug-likeness (QED) is 0.818. The Labute approximate surface area is 122 Å². The topological polar surface area (TPSA) is 58.6 Å². The maximum Gasteiger partial charge on any atom is 0.408 e. The van der Waals surface area contributed by atoms with Crippen LogP contribution in [0, 0.1) is 11.3 Å². The fourth-order valence-corrected chi connectivity index (χ4v) is 4.40. The lowest BCUT2D eigenvalue weighted by Gasteiger charge is -2.54. The maximum atomic E-state index is 12.1. The molecule has 0 aromatic heterocycles. The maximum absolute atomic E-state index is 12.1. The van der Waals surface area contributed by atoms with Gasteiger partial charge >= 0.3 is 6.09 Å². The zero-order chi connectivity index (χ0) is 15.0. The molecule has 116 valence electrons. The monoisotopic (exact) mass is 283 g/mol. The first-order valence-corrected chi connectivity index (χ1v) is 7.80. The molecule has 2 aliphatic carbocycles. The van der Waals surface area contributed by atoms with E-state index < -0.39 is 5.60 Å². The number of aliphatic hydroxyl groups excluding tert-OH is 1. The smallest absolute Gasteiger partial charge is 0.408 e. The molecule has 3 unspecified atom stereocenters. The normalized spacial score (nSPS) is 37.4. The van der Waals surface area contributed by atoms with Gasteiger partial charge in [-0.15, -0.1) is 0 Å². The van der Waals surface area contributed by atoms with Gasteiger partial charge < -0.3 is 15.2 Å². The van der Waals surface area contributed by atoms with Crippen LogP contribution in [0.5, 0.6) is 0 Å². The highest BCUT2D eigenvalue weighted by molar-refractivity contribution is 5.69. The summed E-state index contributed by atoms with van der Waals surface area (Å²) in [7, 11) is 0. The van der Waals surface area contributed by atoms with Crippen LogP contribution in [0.1, 0.15) is 66.2 Å². The molecular weight excluding hydrogens is 254 g/mol. The fourth-order valence-electron chi connectivity index (χ4n) is 4.40. The number of aliphatic hydroxyl groups is 1. The zero-order valence-corrected chi connectivity index (χ0v) is 13.3. The van der Waals surface area contributed by atoms with E-state index in [1.165, 1.54) is 0 Å². The molecule has 2 saturated carbocycles. The predicted molar refractivity (Wildman–Crippen MR) is 78.5 cm³/mol. The molecule has 0 aromatic rings. The Hall–Kier alpha value is -0.770. The van der Waals surface area contributed by atoms with Crippen LogP contribution in [0.4, 0.5) is 4.79 Å². The molecule has 0 saturated heterocycles. The number of rotatable bonds is 2. The lowest BCUT2D eigenvalue weighted by molar-refractivity contribution is -0.0354. The molecule has 0 heterocycles. The van der Waals surface area contributed by atoms with Crippen molar-refractivity contribution >= 4 is 6.09 Å². The molecule has 2 N–H and O–H groups in total. The van der Waals surface area contributed by atoms with Crippen molar-refractivity contribution in [1.82, 2.24) is 5.32 Å². The number of fused-ring (bicyclic) bond motifs is 2. The van der Waals surface area contributed by atoms with Gasteiger partial charge in [-0.3, -0.25) is 0 Å². The van der Waals surface area contributed by atoms with E-state index in [4.69, 9.17) is 4.74 Å². The van der Waals surface area contributed by atoms with E-state index >= 15 is 0 Å². The van der Waals surface area contributed by atoms with E-state index in [0.717, 1.165) is 38.5 Å². The van der Waals surface area contributed by atoms with E-state index in [1.807, 2.05) is 20.8 Å². The number of nitrogens with one attached hydrogen (secondary N) is 1. The number of alkyl carbamates (subject to hydrolysis) is 1. The average Bonchev–Trinajstić information content (AvgIpc) is 2.24. The van der Waals surface area contributed by atoms with Gasteiger partial charge in [-0.25, -0.2) is 4.79 Å². The van der Waals surface area contributed by atoms with E-state index in [2.05, 4.69) is 12.2 Å². The lowest BCUT2D eigenvalue weighted by atomic mass is 9.56. The molecule has 2 fully saturated rings. The van der Waals surface area contributed by atoms with Gasteiger partial charge in [0.25, 0.3) is 0 Å². The van der Waals surface area contributed by atoms with Gasteiger partial charge in [0.15, 0.2) is 0 Å². The van der Waals surface area contributed by atoms with Crippen molar-refractivity contribution in [2.75, 3.05) is 6.61 Å². The fraction of sp³-hybridized carbons (Fsp3) is 0.938. The second-order valence-corrected chi connectivity index (χ2v) is 8.11. The van der Waals surface area contributed by atoms with Crippen LogP contribution >= 0.6 is 0 Å². The van der Waals surface area contributed by atoms with Gasteiger partial charge in [0, 0.05) is 12.1 Å². The first kappa shape index (κ1) is 15.6. The van der Waals surface area contributed by atoms with Crippen LogP contribution in [-0.4, -0.2) is 28.9 Å². The SMILES string of the molecule is CC1CC2(CO)CCCC(NC(=O)OC(C)(C)C)(C1)C2. The third-order valence-electron chi connectivity index (χ3n) is 4.70. The van der Waals surface area contributed by atoms with Crippen molar-refractivity contribution in [3.05, 3.63) is 0 Å².